The van der Waals surface area contributed by atoms with Crippen LogP contribution in [0.1, 0.15) is 40.0 Å². The minimum atomic E-state index is -0.569. The number of nitrogens with zero attached hydrogens (tertiary/aromatic N) is 3. The Hall–Kier alpha value is -2.97. The van der Waals surface area contributed by atoms with Crippen LogP contribution in [0.15, 0.2) is 36.5 Å². The molecule has 1 aromatic carbocycles. The molecule has 8 nitrogen and oxygen atoms in total. The summed E-state index contributed by atoms with van der Waals surface area (Å²) in [7, 11) is 0. The van der Waals surface area contributed by atoms with Crippen molar-refractivity contribution < 1.29 is 14.4 Å². The van der Waals surface area contributed by atoms with Crippen LogP contribution in [0.2, 0.25) is 0 Å². The van der Waals surface area contributed by atoms with E-state index in [1.165, 1.54) is 5.69 Å². The minimum absolute atomic E-state index is 0.0174. The van der Waals surface area contributed by atoms with Gasteiger partial charge in [-0.1, -0.05) is 12.1 Å². The number of hydrogen-bond donors (Lipinski definition) is 2. The van der Waals surface area contributed by atoms with Crippen LogP contribution in [0.4, 0.5) is 0 Å². The number of fused-ring (bicyclic) bond motifs is 3. The van der Waals surface area contributed by atoms with E-state index < -0.39 is 6.04 Å². The van der Waals surface area contributed by atoms with Gasteiger partial charge in [0.25, 0.3) is 5.91 Å². The summed E-state index contributed by atoms with van der Waals surface area (Å²) in [5, 5.41) is 5.80. The second-order valence-corrected chi connectivity index (χ2v) is 9.03. The van der Waals surface area contributed by atoms with Gasteiger partial charge in [0.05, 0.1) is 5.54 Å². The topological polar surface area (TPSA) is 86.7 Å². The zero-order valence-electron chi connectivity index (χ0n) is 17.3. The van der Waals surface area contributed by atoms with E-state index in [9.17, 15) is 14.4 Å². The molecule has 1 aromatic heterocycles. The van der Waals surface area contributed by atoms with Gasteiger partial charge in [0, 0.05) is 63.1 Å². The third kappa shape index (κ3) is 2.78. The summed E-state index contributed by atoms with van der Waals surface area (Å²) in [6.45, 7) is 5.01. The van der Waals surface area contributed by atoms with Crippen molar-refractivity contribution in [3.63, 3.8) is 0 Å². The molecule has 1 unspecified atom stereocenters. The van der Waals surface area contributed by atoms with E-state index in [1.807, 2.05) is 12.1 Å². The third-order valence-corrected chi connectivity index (χ3v) is 7.32. The Morgan fingerprint density at radius 1 is 1.10 bits per heavy atom. The SMILES string of the molecule is O=C1CCC(N2Cc3ccc(CN4CCn5cccc5C45CNC5)cc3C2=O)C(=O)N1. The number of aromatic nitrogens is 1. The number of carbonyl (C=O) groups is 3. The van der Waals surface area contributed by atoms with Crippen LogP contribution in [0.5, 0.6) is 0 Å². The normalized spacial score (nSPS) is 24.7. The fourth-order valence-electron chi connectivity index (χ4n) is 5.55. The predicted octanol–water partition coefficient (Wildman–Crippen LogP) is 0.563. The lowest BCUT2D eigenvalue weighted by Gasteiger charge is -2.53. The highest BCUT2D eigenvalue weighted by molar-refractivity contribution is 6.05. The molecule has 0 aliphatic carbocycles. The quantitative estimate of drug-likeness (QED) is 0.711. The first-order chi connectivity index (χ1) is 15.0. The third-order valence-electron chi connectivity index (χ3n) is 7.32. The van der Waals surface area contributed by atoms with Crippen LogP contribution in [0.25, 0.3) is 0 Å². The number of benzene rings is 1. The van der Waals surface area contributed by atoms with E-state index in [0.717, 1.165) is 43.9 Å². The van der Waals surface area contributed by atoms with Crippen molar-refractivity contribution in [3.8, 4) is 0 Å². The summed E-state index contributed by atoms with van der Waals surface area (Å²) in [6.07, 6.45) is 2.82. The molecule has 0 saturated carbocycles. The number of piperidine rings is 1. The van der Waals surface area contributed by atoms with Gasteiger partial charge in [-0.05, 0) is 35.7 Å². The molecule has 160 valence electrons. The molecule has 2 aromatic rings. The predicted molar refractivity (Wildman–Crippen MR) is 112 cm³/mol. The maximum atomic E-state index is 13.1. The molecule has 4 aliphatic heterocycles. The molecule has 8 heteroatoms. The van der Waals surface area contributed by atoms with E-state index in [4.69, 9.17) is 0 Å². The largest absolute Gasteiger partial charge is 0.348 e. The highest BCUT2D eigenvalue weighted by atomic mass is 16.2. The van der Waals surface area contributed by atoms with Crippen molar-refractivity contribution >= 4 is 17.7 Å². The molecular formula is C23H25N5O3. The van der Waals surface area contributed by atoms with Crippen molar-refractivity contribution in [1.82, 2.24) is 25.0 Å². The lowest BCUT2D eigenvalue weighted by Crippen LogP contribution is -2.68. The smallest absolute Gasteiger partial charge is 0.255 e. The monoisotopic (exact) mass is 419 g/mol. The van der Waals surface area contributed by atoms with E-state index in [0.29, 0.717) is 18.5 Å². The summed E-state index contributed by atoms with van der Waals surface area (Å²) in [6, 6.07) is 9.89. The maximum Gasteiger partial charge on any atom is 0.255 e. The number of hydrogen-bond acceptors (Lipinski definition) is 5. The van der Waals surface area contributed by atoms with Gasteiger partial charge >= 0.3 is 0 Å². The molecule has 3 amide bonds. The molecular weight excluding hydrogens is 394 g/mol. The Morgan fingerprint density at radius 2 is 1.97 bits per heavy atom. The summed E-state index contributed by atoms with van der Waals surface area (Å²) in [5.74, 6) is -0.743. The lowest BCUT2D eigenvalue weighted by molar-refractivity contribution is -0.136. The second-order valence-electron chi connectivity index (χ2n) is 9.03. The van der Waals surface area contributed by atoms with Crippen molar-refractivity contribution in [3.05, 3.63) is 58.9 Å². The molecule has 0 radical (unpaired) electrons. The fourth-order valence-corrected chi connectivity index (χ4v) is 5.55. The first-order valence-electron chi connectivity index (χ1n) is 10.9. The van der Waals surface area contributed by atoms with E-state index >= 15 is 0 Å². The molecule has 5 heterocycles. The van der Waals surface area contributed by atoms with Crippen molar-refractivity contribution in [1.29, 1.82) is 0 Å². The van der Waals surface area contributed by atoms with Crippen molar-refractivity contribution in [2.24, 2.45) is 0 Å². The molecule has 4 aliphatic rings. The highest BCUT2D eigenvalue weighted by Crippen LogP contribution is 2.37. The Morgan fingerprint density at radius 3 is 2.74 bits per heavy atom. The van der Waals surface area contributed by atoms with Crippen molar-refractivity contribution in [2.45, 2.75) is 44.1 Å². The van der Waals surface area contributed by atoms with Crippen molar-refractivity contribution in [2.75, 3.05) is 19.6 Å². The lowest BCUT2D eigenvalue weighted by atomic mass is 9.84. The molecule has 2 N–H and O–H groups in total. The van der Waals surface area contributed by atoms with Crippen LogP contribution >= 0.6 is 0 Å². The maximum absolute atomic E-state index is 13.1. The van der Waals surface area contributed by atoms with Crippen LogP contribution < -0.4 is 10.6 Å². The first kappa shape index (κ1) is 18.8. The van der Waals surface area contributed by atoms with Gasteiger partial charge in [0.2, 0.25) is 11.8 Å². The summed E-state index contributed by atoms with van der Waals surface area (Å²) in [4.78, 5) is 41.0. The van der Waals surface area contributed by atoms with Gasteiger partial charge in [-0.3, -0.25) is 24.6 Å². The molecule has 2 saturated heterocycles. The second kappa shape index (κ2) is 6.77. The van der Waals surface area contributed by atoms with Crippen LogP contribution in [0, 0.1) is 0 Å². The minimum Gasteiger partial charge on any atom is -0.348 e. The van der Waals surface area contributed by atoms with Gasteiger partial charge in [0.1, 0.15) is 6.04 Å². The zero-order chi connectivity index (χ0) is 21.2. The van der Waals surface area contributed by atoms with E-state index in [1.54, 1.807) is 4.90 Å². The number of rotatable bonds is 3. The van der Waals surface area contributed by atoms with Gasteiger partial charge < -0.3 is 14.8 Å². The standard InChI is InChI=1S/C23H25N5O3/c29-20-6-5-18(21(30)25-20)28-12-16-4-3-15(10-17(16)22(28)31)11-27-9-8-26-7-1-2-19(26)23(27)13-24-14-23/h1-4,7,10,18,24H,5-6,8-9,11-14H2,(H,25,29,30). The first-order valence-corrected chi connectivity index (χ1v) is 10.9. The average molecular weight is 419 g/mol. The molecule has 1 atom stereocenters. The zero-order valence-corrected chi connectivity index (χ0v) is 17.3. The Balaban J connectivity index is 1.23. The number of amides is 3. The van der Waals surface area contributed by atoms with Gasteiger partial charge in [-0.15, -0.1) is 0 Å². The molecule has 6 rings (SSSR count). The van der Waals surface area contributed by atoms with E-state index in [2.05, 4.69) is 44.5 Å². The number of imide groups is 1. The average Bonchev–Trinajstić information content (AvgIpc) is 3.32. The summed E-state index contributed by atoms with van der Waals surface area (Å²) >= 11 is 0. The molecule has 2 fully saturated rings. The summed E-state index contributed by atoms with van der Waals surface area (Å²) in [5.41, 5.74) is 4.13. The Labute approximate surface area is 180 Å². The fraction of sp³-hybridized carbons (Fsp3) is 0.435. The Kier molecular flexibility index (Phi) is 4.10. The van der Waals surface area contributed by atoms with Crippen LogP contribution in [0.3, 0.4) is 0 Å². The van der Waals surface area contributed by atoms with Gasteiger partial charge in [-0.25, -0.2) is 0 Å². The molecule has 1 spiro atoms. The molecule has 31 heavy (non-hydrogen) atoms. The van der Waals surface area contributed by atoms with Crippen LogP contribution in [-0.2, 0) is 34.8 Å². The molecule has 0 bridgehead atoms. The van der Waals surface area contributed by atoms with Gasteiger partial charge in [0.15, 0.2) is 0 Å². The number of nitrogens with one attached hydrogen (secondary N) is 2. The van der Waals surface area contributed by atoms with Crippen LogP contribution in [-0.4, -0.2) is 57.8 Å². The van der Waals surface area contributed by atoms with Gasteiger partial charge in [-0.2, -0.15) is 0 Å². The number of carbonyl (C=O) groups excluding carboxylic acids is 3. The van der Waals surface area contributed by atoms with E-state index in [-0.39, 0.29) is 29.7 Å². The Bertz CT molecular complexity index is 1100. The summed E-state index contributed by atoms with van der Waals surface area (Å²) < 4.78 is 2.35. The highest BCUT2D eigenvalue weighted by Gasteiger charge is 2.48.